The molecular weight excluding hydrogens is 560 g/mol. The Labute approximate surface area is 244 Å². The zero-order valence-corrected chi connectivity index (χ0v) is 24.1. The van der Waals surface area contributed by atoms with Crippen LogP contribution in [0.5, 0.6) is 5.75 Å². The van der Waals surface area contributed by atoms with Gasteiger partial charge in [-0.05, 0) is 41.8 Å². The predicted octanol–water partition coefficient (Wildman–Crippen LogP) is 6.83. The van der Waals surface area contributed by atoms with Gasteiger partial charge in [0.1, 0.15) is 5.75 Å². The Balaban J connectivity index is 1.37. The average molecular weight is 587 g/mol. The van der Waals surface area contributed by atoms with Gasteiger partial charge in [-0.2, -0.15) is 0 Å². The predicted molar refractivity (Wildman–Crippen MR) is 161 cm³/mol. The highest BCUT2D eigenvalue weighted by Gasteiger charge is 2.21. The molecule has 0 saturated heterocycles. The summed E-state index contributed by atoms with van der Waals surface area (Å²) in [4.78, 5) is 28.0. The number of carbonyl (C=O) groups is 1. The number of nitrogens with zero attached hydrogens (tertiary/aromatic N) is 5. The van der Waals surface area contributed by atoms with Crippen LogP contribution in [0, 0.1) is 10.1 Å². The molecule has 0 aliphatic rings. The van der Waals surface area contributed by atoms with Crippen LogP contribution in [0.4, 0.5) is 10.8 Å². The molecule has 3 aromatic carbocycles. The molecule has 0 atom stereocenters. The third-order valence-electron chi connectivity index (χ3n) is 6.22. The van der Waals surface area contributed by atoms with Crippen LogP contribution in [-0.4, -0.2) is 43.4 Å². The van der Waals surface area contributed by atoms with Gasteiger partial charge in [0.2, 0.25) is 5.91 Å². The number of nitro groups is 1. The number of hydrogen-bond donors (Lipinski definition) is 1. The van der Waals surface area contributed by atoms with Crippen LogP contribution in [0.15, 0.2) is 83.3 Å². The fraction of sp³-hybridized carbons (Fsp3) is 0.172. The number of thioether (sulfide) groups is 1. The topological polar surface area (TPSA) is 125 Å². The lowest BCUT2D eigenvalue weighted by Crippen LogP contribution is -2.14. The summed E-state index contributed by atoms with van der Waals surface area (Å²) in [7, 11) is 1.62. The van der Waals surface area contributed by atoms with Gasteiger partial charge in [-0.15, -0.1) is 21.5 Å². The quantitative estimate of drug-likeness (QED) is 0.107. The normalized spacial score (nSPS) is 11.0. The summed E-state index contributed by atoms with van der Waals surface area (Å²) >= 11 is 2.53. The molecule has 41 heavy (non-hydrogen) atoms. The van der Waals surface area contributed by atoms with Gasteiger partial charge in [0.15, 0.2) is 16.1 Å². The van der Waals surface area contributed by atoms with Crippen LogP contribution >= 0.6 is 23.1 Å². The molecular formula is C29H26N6O4S2. The smallest absolute Gasteiger partial charge is 0.270 e. The highest BCUT2D eigenvalue weighted by molar-refractivity contribution is 7.99. The summed E-state index contributed by atoms with van der Waals surface area (Å²) in [6, 6.07) is 21.9. The SMILES string of the molecule is COc1ccc(-c2nnc(SCC(=O)Nc3nc(-c4cccc([N+](=O)[O-])c4)cs3)n2-c2ccccc2C(C)C)cc1. The summed E-state index contributed by atoms with van der Waals surface area (Å²) in [5, 5.41) is 25.6. The zero-order valence-electron chi connectivity index (χ0n) is 22.5. The molecule has 1 N–H and O–H groups in total. The van der Waals surface area contributed by atoms with Gasteiger partial charge in [0, 0.05) is 28.6 Å². The van der Waals surface area contributed by atoms with Crippen LogP contribution in [0.2, 0.25) is 0 Å². The van der Waals surface area contributed by atoms with Crippen molar-refractivity contribution in [2.24, 2.45) is 0 Å². The number of non-ortho nitro benzene ring substituents is 1. The van der Waals surface area contributed by atoms with Crippen molar-refractivity contribution in [3.8, 4) is 34.1 Å². The maximum Gasteiger partial charge on any atom is 0.270 e. The number of anilines is 1. The first-order valence-electron chi connectivity index (χ1n) is 12.7. The van der Waals surface area contributed by atoms with Crippen LogP contribution in [0.1, 0.15) is 25.3 Å². The molecule has 2 aromatic heterocycles. The molecule has 0 unspecified atom stereocenters. The van der Waals surface area contributed by atoms with Crippen molar-refractivity contribution in [2.75, 3.05) is 18.2 Å². The standard InChI is InChI=1S/C29H26N6O4S2/c1-18(2)23-9-4-5-10-25(23)34-27(19-11-13-22(39-3)14-12-19)32-33-29(34)41-17-26(36)31-28-30-24(16-40-28)20-7-6-8-21(15-20)35(37)38/h4-16,18H,17H2,1-3H3,(H,30,31,36). The lowest BCUT2D eigenvalue weighted by Gasteiger charge is -2.17. The van der Waals surface area contributed by atoms with Gasteiger partial charge in [-0.3, -0.25) is 19.5 Å². The molecule has 0 aliphatic heterocycles. The molecule has 0 radical (unpaired) electrons. The first kappa shape index (κ1) is 28.0. The number of nitro benzene ring substituents is 1. The van der Waals surface area contributed by atoms with Crippen molar-refractivity contribution in [3.05, 3.63) is 93.9 Å². The number of aromatic nitrogens is 4. The number of amides is 1. The van der Waals surface area contributed by atoms with Crippen LogP contribution < -0.4 is 10.1 Å². The Kier molecular flexibility index (Phi) is 8.41. The van der Waals surface area contributed by atoms with E-state index in [0.717, 1.165) is 22.6 Å². The van der Waals surface area contributed by atoms with E-state index in [1.807, 2.05) is 47.0 Å². The molecule has 0 bridgehead atoms. The van der Waals surface area contributed by atoms with Gasteiger partial charge in [-0.25, -0.2) is 4.98 Å². The monoisotopic (exact) mass is 586 g/mol. The maximum absolute atomic E-state index is 12.9. The van der Waals surface area contributed by atoms with Crippen molar-refractivity contribution < 1.29 is 14.5 Å². The minimum atomic E-state index is -0.450. The third-order valence-corrected chi connectivity index (χ3v) is 7.90. The summed E-state index contributed by atoms with van der Waals surface area (Å²) in [6.07, 6.45) is 0. The molecule has 2 heterocycles. The molecule has 5 rings (SSSR count). The van der Waals surface area contributed by atoms with E-state index in [-0.39, 0.29) is 23.3 Å². The number of methoxy groups -OCH3 is 1. The maximum atomic E-state index is 12.9. The van der Waals surface area contributed by atoms with Crippen LogP contribution in [0.25, 0.3) is 28.3 Å². The number of benzene rings is 3. The molecule has 0 fully saturated rings. The van der Waals surface area contributed by atoms with E-state index in [1.54, 1.807) is 24.6 Å². The van der Waals surface area contributed by atoms with E-state index in [1.165, 1.54) is 35.2 Å². The molecule has 5 aromatic rings. The highest BCUT2D eigenvalue weighted by atomic mass is 32.2. The molecule has 12 heteroatoms. The van der Waals surface area contributed by atoms with Crippen molar-refractivity contribution in [1.82, 2.24) is 19.7 Å². The van der Waals surface area contributed by atoms with Crippen LogP contribution in [0.3, 0.4) is 0 Å². The Morgan fingerprint density at radius 1 is 1.07 bits per heavy atom. The first-order valence-corrected chi connectivity index (χ1v) is 14.5. The van der Waals surface area contributed by atoms with E-state index in [0.29, 0.717) is 27.4 Å². The van der Waals surface area contributed by atoms with Gasteiger partial charge in [0.05, 0.1) is 29.2 Å². The number of carbonyl (C=O) groups excluding carboxylic acids is 1. The van der Waals surface area contributed by atoms with Crippen molar-refractivity contribution in [2.45, 2.75) is 24.9 Å². The number of hydrogen-bond acceptors (Lipinski definition) is 9. The van der Waals surface area contributed by atoms with Crippen LogP contribution in [-0.2, 0) is 4.79 Å². The minimum absolute atomic E-state index is 0.0188. The van der Waals surface area contributed by atoms with Crippen molar-refractivity contribution in [1.29, 1.82) is 0 Å². The summed E-state index contributed by atoms with van der Waals surface area (Å²) in [6.45, 7) is 4.26. The molecule has 0 aliphatic carbocycles. The minimum Gasteiger partial charge on any atom is -0.497 e. The van der Waals surface area contributed by atoms with Gasteiger partial charge >= 0.3 is 0 Å². The van der Waals surface area contributed by atoms with E-state index >= 15 is 0 Å². The summed E-state index contributed by atoms with van der Waals surface area (Å²) < 4.78 is 7.29. The fourth-order valence-electron chi connectivity index (χ4n) is 4.22. The van der Waals surface area contributed by atoms with Crippen molar-refractivity contribution >= 4 is 39.8 Å². The first-order chi connectivity index (χ1) is 19.8. The number of rotatable bonds is 10. The Bertz CT molecular complexity index is 1700. The Hall–Kier alpha value is -4.55. The molecule has 1 amide bonds. The number of thiazole rings is 1. The molecule has 208 valence electrons. The van der Waals surface area contributed by atoms with Gasteiger partial charge in [0.25, 0.3) is 5.69 Å². The van der Waals surface area contributed by atoms with E-state index in [4.69, 9.17) is 4.74 Å². The number of para-hydroxylation sites is 1. The van der Waals surface area contributed by atoms with Gasteiger partial charge < -0.3 is 10.1 Å². The fourth-order valence-corrected chi connectivity index (χ4v) is 5.70. The average Bonchev–Trinajstić information content (AvgIpc) is 3.63. The lowest BCUT2D eigenvalue weighted by molar-refractivity contribution is -0.384. The Morgan fingerprint density at radius 2 is 1.85 bits per heavy atom. The summed E-state index contributed by atoms with van der Waals surface area (Å²) in [5.74, 6) is 1.47. The number of nitrogens with one attached hydrogen (secondary N) is 1. The van der Waals surface area contributed by atoms with Crippen molar-refractivity contribution in [3.63, 3.8) is 0 Å². The lowest BCUT2D eigenvalue weighted by atomic mass is 10.0. The second kappa shape index (κ2) is 12.3. The zero-order chi connectivity index (χ0) is 28.9. The second-order valence-electron chi connectivity index (χ2n) is 9.27. The highest BCUT2D eigenvalue weighted by Crippen LogP contribution is 2.33. The summed E-state index contributed by atoms with van der Waals surface area (Å²) in [5.41, 5.74) is 4.08. The van der Waals surface area contributed by atoms with E-state index in [9.17, 15) is 14.9 Å². The third kappa shape index (κ3) is 6.28. The van der Waals surface area contributed by atoms with E-state index in [2.05, 4.69) is 40.4 Å². The molecule has 0 saturated carbocycles. The molecule has 0 spiro atoms. The Morgan fingerprint density at radius 3 is 2.59 bits per heavy atom. The van der Waals surface area contributed by atoms with E-state index < -0.39 is 4.92 Å². The largest absolute Gasteiger partial charge is 0.497 e. The number of ether oxygens (including phenoxy) is 1. The van der Waals surface area contributed by atoms with Gasteiger partial charge in [-0.1, -0.05) is 55.9 Å². The molecule has 10 nitrogen and oxygen atoms in total. The second-order valence-corrected chi connectivity index (χ2v) is 11.1.